The van der Waals surface area contributed by atoms with Gasteiger partial charge >= 0.3 is 0 Å². The van der Waals surface area contributed by atoms with E-state index in [1.54, 1.807) is 12.3 Å². The number of fused-ring (bicyclic) bond motifs is 1. The van der Waals surface area contributed by atoms with E-state index < -0.39 is 0 Å². The fourth-order valence-corrected chi connectivity index (χ4v) is 3.12. The summed E-state index contributed by atoms with van der Waals surface area (Å²) >= 11 is 3.43. The van der Waals surface area contributed by atoms with Crippen LogP contribution in [0.2, 0.25) is 0 Å². The minimum absolute atomic E-state index is 0.349. The number of H-pyrrole nitrogens is 1. The molecule has 0 aliphatic carbocycles. The Labute approximate surface area is 164 Å². The van der Waals surface area contributed by atoms with E-state index in [0.717, 1.165) is 26.4 Å². The van der Waals surface area contributed by atoms with Gasteiger partial charge in [0.15, 0.2) is 0 Å². The normalized spacial score (nSPS) is 11.1. The van der Waals surface area contributed by atoms with Gasteiger partial charge in [-0.3, -0.25) is 9.89 Å². The van der Waals surface area contributed by atoms with E-state index in [2.05, 4.69) is 54.9 Å². The summed E-state index contributed by atoms with van der Waals surface area (Å²) in [6.45, 7) is 0. The Morgan fingerprint density at radius 2 is 1.78 bits per heavy atom. The van der Waals surface area contributed by atoms with E-state index in [1.165, 1.54) is 0 Å². The molecule has 1 aromatic heterocycles. The first-order chi connectivity index (χ1) is 13.2. The van der Waals surface area contributed by atoms with Gasteiger partial charge in [0, 0.05) is 15.6 Å². The van der Waals surface area contributed by atoms with Crippen molar-refractivity contribution in [2.75, 3.05) is 0 Å². The van der Waals surface area contributed by atoms with Crippen LogP contribution in [-0.2, 0) is 0 Å². The Balaban J connectivity index is 1.49. The highest BCUT2D eigenvalue weighted by Crippen LogP contribution is 2.23. The minimum atomic E-state index is -0.349. The van der Waals surface area contributed by atoms with Crippen LogP contribution >= 0.6 is 15.9 Å². The van der Waals surface area contributed by atoms with Crippen molar-refractivity contribution in [2.45, 2.75) is 0 Å². The number of nitrogens with zero attached hydrogens (tertiary/aromatic N) is 2. The topological polar surface area (TPSA) is 70.1 Å². The Morgan fingerprint density at radius 3 is 2.63 bits per heavy atom. The molecule has 0 saturated carbocycles. The Hall–Kier alpha value is -3.25. The molecule has 0 saturated heterocycles. The highest BCUT2D eigenvalue weighted by molar-refractivity contribution is 9.10. The van der Waals surface area contributed by atoms with Gasteiger partial charge in [-0.15, -0.1) is 0 Å². The zero-order valence-electron chi connectivity index (χ0n) is 14.2. The molecule has 0 aliphatic heterocycles. The van der Waals surface area contributed by atoms with Gasteiger partial charge in [0.25, 0.3) is 5.91 Å². The van der Waals surface area contributed by atoms with Crippen LogP contribution in [0.4, 0.5) is 0 Å². The first-order valence-electron chi connectivity index (χ1n) is 8.33. The van der Waals surface area contributed by atoms with E-state index in [-0.39, 0.29) is 5.91 Å². The second-order valence-corrected chi connectivity index (χ2v) is 6.80. The number of aromatic nitrogens is 2. The van der Waals surface area contributed by atoms with Crippen molar-refractivity contribution >= 4 is 38.8 Å². The van der Waals surface area contributed by atoms with Crippen LogP contribution in [0.25, 0.3) is 22.0 Å². The molecular weight excluding hydrogens is 404 g/mol. The highest BCUT2D eigenvalue weighted by atomic mass is 79.9. The SMILES string of the molecule is O=C(N/N=C/c1ccccc1Br)c1cc(-c2ccc3ccccc3c2)n[nH]1. The summed E-state index contributed by atoms with van der Waals surface area (Å²) in [5.74, 6) is -0.349. The van der Waals surface area contributed by atoms with Crippen molar-refractivity contribution in [1.82, 2.24) is 15.6 Å². The molecule has 0 fully saturated rings. The lowest BCUT2D eigenvalue weighted by atomic mass is 10.1. The van der Waals surface area contributed by atoms with E-state index in [1.807, 2.05) is 48.5 Å². The number of hydrogen-bond acceptors (Lipinski definition) is 3. The summed E-state index contributed by atoms with van der Waals surface area (Å²) in [6.07, 6.45) is 1.59. The summed E-state index contributed by atoms with van der Waals surface area (Å²) in [5, 5.41) is 13.3. The van der Waals surface area contributed by atoms with Crippen LogP contribution in [0.5, 0.6) is 0 Å². The summed E-state index contributed by atoms with van der Waals surface area (Å²) in [4.78, 5) is 12.3. The van der Waals surface area contributed by atoms with Crippen LogP contribution in [0.1, 0.15) is 16.1 Å². The molecule has 2 N–H and O–H groups in total. The van der Waals surface area contributed by atoms with E-state index in [9.17, 15) is 4.79 Å². The van der Waals surface area contributed by atoms with Gasteiger partial charge < -0.3 is 0 Å². The summed E-state index contributed by atoms with van der Waals surface area (Å²) in [5.41, 5.74) is 5.39. The van der Waals surface area contributed by atoms with Crippen molar-refractivity contribution in [3.05, 3.63) is 88.5 Å². The Morgan fingerprint density at radius 1 is 1.00 bits per heavy atom. The van der Waals surface area contributed by atoms with Gasteiger partial charge in [0.05, 0.1) is 11.9 Å². The van der Waals surface area contributed by atoms with E-state index in [0.29, 0.717) is 11.4 Å². The lowest BCUT2D eigenvalue weighted by Gasteiger charge is -2.00. The standard InChI is InChI=1S/C21H15BrN4O/c22-18-8-4-3-7-17(18)13-23-26-21(27)20-12-19(24-25-20)16-10-9-14-5-1-2-6-15(14)11-16/h1-13H,(H,24,25)(H,26,27)/b23-13+. The quantitative estimate of drug-likeness (QED) is 0.370. The Kier molecular flexibility index (Phi) is 4.80. The van der Waals surface area contributed by atoms with Crippen LogP contribution < -0.4 is 5.43 Å². The molecule has 0 unspecified atom stereocenters. The second-order valence-electron chi connectivity index (χ2n) is 5.95. The van der Waals surface area contributed by atoms with Gasteiger partial charge in [-0.1, -0.05) is 70.5 Å². The molecule has 4 rings (SSSR count). The van der Waals surface area contributed by atoms with Gasteiger partial charge in [-0.05, 0) is 29.0 Å². The molecular formula is C21H15BrN4O. The highest BCUT2D eigenvalue weighted by Gasteiger charge is 2.10. The zero-order chi connectivity index (χ0) is 18.6. The molecule has 1 heterocycles. The van der Waals surface area contributed by atoms with E-state index >= 15 is 0 Å². The molecule has 27 heavy (non-hydrogen) atoms. The third-order valence-corrected chi connectivity index (χ3v) is 4.86. The van der Waals surface area contributed by atoms with Crippen LogP contribution in [-0.4, -0.2) is 22.3 Å². The summed E-state index contributed by atoms with van der Waals surface area (Å²) < 4.78 is 0.906. The molecule has 6 heteroatoms. The number of rotatable bonds is 4. The second kappa shape index (κ2) is 7.55. The number of nitrogens with one attached hydrogen (secondary N) is 2. The largest absolute Gasteiger partial charge is 0.289 e. The van der Waals surface area contributed by atoms with Gasteiger partial charge in [0.2, 0.25) is 0 Å². The number of carbonyl (C=O) groups excluding carboxylic acids is 1. The van der Waals surface area contributed by atoms with Crippen molar-refractivity contribution in [1.29, 1.82) is 0 Å². The van der Waals surface area contributed by atoms with Crippen molar-refractivity contribution in [2.24, 2.45) is 5.10 Å². The number of hydrazone groups is 1. The van der Waals surface area contributed by atoms with Crippen LogP contribution in [0.3, 0.4) is 0 Å². The lowest BCUT2D eigenvalue weighted by Crippen LogP contribution is -2.18. The molecule has 0 bridgehead atoms. The number of hydrogen-bond donors (Lipinski definition) is 2. The van der Waals surface area contributed by atoms with Gasteiger partial charge in [-0.2, -0.15) is 10.2 Å². The molecule has 0 aliphatic rings. The smallest absolute Gasteiger partial charge is 0.272 e. The van der Waals surface area contributed by atoms with Crippen molar-refractivity contribution < 1.29 is 4.79 Å². The minimum Gasteiger partial charge on any atom is -0.272 e. The molecule has 0 radical (unpaired) electrons. The van der Waals surface area contributed by atoms with Gasteiger partial charge in [0.1, 0.15) is 5.69 Å². The summed E-state index contributed by atoms with van der Waals surface area (Å²) in [7, 11) is 0. The maximum atomic E-state index is 12.3. The monoisotopic (exact) mass is 418 g/mol. The van der Waals surface area contributed by atoms with Crippen molar-refractivity contribution in [3.8, 4) is 11.3 Å². The van der Waals surface area contributed by atoms with Crippen LogP contribution in [0.15, 0.2) is 82.4 Å². The van der Waals surface area contributed by atoms with Crippen LogP contribution in [0, 0.1) is 0 Å². The zero-order valence-corrected chi connectivity index (χ0v) is 15.8. The third-order valence-electron chi connectivity index (χ3n) is 4.14. The fourth-order valence-electron chi connectivity index (χ4n) is 2.74. The fraction of sp³-hybridized carbons (Fsp3) is 0. The van der Waals surface area contributed by atoms with Crippen molar-refractivity contribution in [3.63, 3.8) is 0 Å². The molecule has 132 valence electrons. The first-order valence-corrected chi connectivity index (χ1v) is 9.12. The average Bonchev–Trinajstić information content (AvgIpc) is 3.19. The lowest BCUT2D eigenvalue weighted by molar-refractivity contribution is 0.0950. The number of carbonyl (C=O) groups is 1. The number of amides is 1. The predicted molar refractivity (Wildman–Crippen MR) is 111 cm³/mol. The molecule has 4 aromatic rings. The number of benzene rings is 3. The first kappa shape index (κ1) is 17.2. The average molecular weight is 419 g/mol. The number of halogens is 1. The Bertz CT molecular complexity index is 1150. The molecule has 3 aromatic carbocycles. The number of aromatic amines is 1. The summed E-state index contributed by atoms with van der Waals surface area (Å²) in [6, 6.07) is 23.5. The molecule has 1 amide bonds. The molecule has 0 spiro atoms. The molecule has 5 nitrogen and oxygen atoms in total. The van der Waals surface area contributed by atoms with Gasteiger partial charge in [-0.25, -0.2) is 5.43 Å². The van der Waals surface area contributed by atoms with E-state index in [4.69, 9.17) is 0 Å². The predicted octanol–water partition coefficient (Wildman–Crippen LogP) is 4.76. The maximum Gasteiger partial charge on any atom is 0.289 e. The maximum absolute atomic E-state index is 12.3. The molecule has 0 atom stereocenters. The third kappa shape index (κ3) is 3.80.